The number of hydrogen-bond donors (Lipinski definition) is 1. The van der Waals surface area contributed by atoms with Crippen LogP contribution in [0.5, 0.6) is 0 Å². The van der Waals surface area contributed by atoms with E-state index in [4.69, 9.17) is 9.72 Å². The number of carbonyl (C=O) groups excluding carboxylic acids is 1. The lowest BCUT2D eigenvalue weighted by molar-refractivity contribution is 0.0526. The minimum absolute atomic E-state index is 0.156. The lowest BCUT2D eigenvalue weighted by Gasteiger charge is -2.14. The molecule has 0 atom stereocenters. The van der Waals surface area contributed by atoms with Crippen LogP contribution in [0.15, 0.2) is 47.9 Å². The van der Waals surface area contributed by atoms with E-state index in [2.05, 4.69) is 26.5 Å². The Labute approximate surface area is 188 Å². The molecule has 0 bridgehead atoms. The van der Waals surface area contributed by atoms with Crippen molar-refractivity contribution in [3.8, 4) is 11.9 Å². The average molecular weight is 446 g/mol. The lowest BCUT2D eigenvalue weighted by Crippen LogP contribution is -2.13. The molecule has 0 unspecified atom stereocenters. The molecule has 0 saturated heterocycles. The van der Waals surface area contributed by atoms with E-state index in [1.807, 2.05) is 43.5 Å². The topological polar surface area (TPSA) is 119 Å². The summed E-state index contributed by atoms with van der Waals surface area (Å²) in [6.07, 6.45) is 4.68. The molecule has 32 heavy (non-hydrogen) atoms. The predicted molar refractivity (Wildman–Crippen MR) is 121 cm³/mol. The van der Waals surface area contributed by atoms with Gasteiger partial charge in [-0.3, -0.25) is 0 Å². The van der Waals surface area contributed by atoms with Gasteiger partial charge in [0.25, 0.3) is 0 Å². The SMILES string of the molecule is CCOC(=O)c1cnc(SC)nc1Nc1c(C#N)cnn1-c1cc(C)c2ccccc2n1. The minimum Gasteiger partial charge on any atom is -0.462 e. The maximum Gasteiger partial charge on any atom is 0.343 e. The third kappa shape index (κ3) is 3.98. The summed E-state index contributed by atoms with van der Waals surface area (Å²) in [5.74, 6) is 0.526. The summed E-state index contributed by atoms with van der Waals surface area (Å²) in [5.41, 5.74) is 2.26. The molecule has 0 aliphatic rings. The number of nitrogens with one attached hydrogen (secondary N) is 1. The number of thioether (sulfide) groups is 1. The molecule has 3 aromatic heterocycles. The number of esters is 1. The van der Waals surface area contributed by atoms with E-state index in [0.717, 1.165) is 16.5 Å². The number of hydrogen-bond acceptors (Lipinski definition) is 9. The Morgan fingerprint density at radius 1 is 1.28 bits per heavy atom. The second-order valence-electron chi connectivity index (χ2n) is 6.71. The average Bonchev–Trinajstić information content (AvgIpc) is 3.21. The largest absolute Gasteiger partial charge is 0.462 e. The molecule has 3 heterocycles. The van der Waals surface area contributed by atoms with Crippen LogP contribution in [0.25, 0.3) is 16.7 Å². The number of aryl methyl sites for hydroxylation is 1. The van der Waals surface area contributed by atoms with Crippen molar-refractivity contribution in [1.29, 1.82) is 5.26 Å². The number of pyridine rings is 1. The normalized spacial score (nSPS) is 10.7. The number of nitrogens with zero attached hydrogens (tertiary/aromatic N) is 6. The fourth-order valence-electron chi connectivity index (χ4n) is 3.19. The molecule has 1 N–H and O–H groups in total. The molecule has 0 aliphatic heterocycles. The van der Waals surface area contributed by atoms with Gasteiger partial charge in [-0.2, -0.15) is 15.0 Å². The van der Waals surface area contributed by atoms with Crippen LogP contribution in [0.3, 0.4) is 0 Å². The van der Waals surface area contributed by atoms with Crippen molar-refractivity contribution in [2.45, 2.75) is 19.0 Å². The summed E-state index contributed by atoms with van der Waals surface area (Å²) in [6.45, 7) is 3.92. The first-order chi connectivity index (χ1) is 15.5. The standard InChI is InChI=1S/C22H19N7O2S/c1-4-31-21(30)16-12-24-22(32-3)28-19(16)27-20-14(10-23)11-25-29(20)18-9-13(2)15-7-5-6-8-17(15)26-18/h5-9,11-12H,4H2,1-3H3,(H,24,27,28). The van der Waals surface area contributed by atoms with Gasteiger partial charge < -0.3 is 10.1 Å². The number of aromatic nitrogens is 5. The van der Waals surface area contributed by atoms with Gasteiger partial charge in [-0.05, 0) is 37.8 Å². The van der Waals surface area contributed by atoms with Crippen molar-refractivity contribution < 1.29 is 9.53 Å². The highest BCUT2D eigenvalue weighted by Gasteiger charge is 2.21. The smallest absolute Gasteiger partial charge is 0.343 e. The Balaban J connectivity index is 1.84. The van der Waals surface area contributed by atoms with Crippen LogP contribution in [-0.4, -0.2) is 43.6 Å². The van der Waals surface area contributed by atoms with Crippen LogP contribution in [0.4, 0.5) is 11.6 Å². The highest BCUT2D eigenvalue weighted by molar-refractivity contribution is 7.98. The number of nitriles is 1. The van der Waals surface area contributed by atoms with Crippen molar-refractivity contribution in [2.24, 2.45) is 0 Å². The van der Waals surface area contributed by atoms with Crippen LogP contribution < -0.4 is 5.32 Å². The maximum atomic E-state index is 12.4. The number of fused-ring (bicyclic) bond motifs is 1. The van der Waals surface area contributed by atoms with Gasteiger partial charge in [-0.15, -0.1) is 0 Å². The summed E-state index contributed by atoms with van der Waals surface area (Å²) in [5, 5.41) is 18.6. The van der Waals surface area contributed by atoms with Crippen LogP contribution in [0.1, 0.15) is 28.4 Å². The van der Waals surface area contributed by atoms with Gasteiger partial charge >= 0.3 is 5.97 Å². The van der Waals surface area contributed by atoms with Gasteiger partial charge in [0.1, 0.15) is 17.2 Å². The van der Waals surface area contributed by atoms with Crippen LogP contribution in [0, 0.1) is 18.3 Å². The van der Waals surface area contributed by atoms with Gasteiger partial charge in [0.15, 0.2) is 22.6 Å². The number of carbonyl (C=O) groups is 1. The van der Waals surface area contributed by atoms with Gasteiger partial charge in [-0.25, -0.2) is 19.7 Å². The van der Waals surface area contributed by atoms with E-state index in [-0.39, 0.29) is 23.6 Å². The number of rotatable bonds is 6. The van der Waals surface area contributed by atoms with E-state index in [9.17, 15) is 10.1 Å². The molecular weight excluding hydrogens is 426 g/mol. The Kier molecular flexibility index (Phi) is 6.00. The fourth-order valence-corrected chi connectivity index (χ4v) is 3.53. The molecule has 0 fully saturated rings. The second kappa shape index (κ2) is 9.03. The Bertz CT molecular complexity index is 1360. The highest BCUT2D eigenvalue weighted by Crippen LogP contribution is 2.27. The van der Waals surface area contributed by atoms with E-state index in [1.54, 1.807) is 6.92 Å². The number of anilines is 2. The Morgan fingerprint density at radius 3 is 2.84 bits per heavy atom. The van der Waals surface area contributed by atoms with E-state index < -0.39 is 5.97 Å². The summed E-state index contributed by atoms with van der Waals surface area (Å²) in [7, 11) is 0. The number of para-hydroxylation sites is 1. The van der Waals surface area contributed by atoms with Crippen molar-refractivity contribution in [3.05, 3.63) is 59.4 Å². The van der Waals surface area contributed by atoms with Crippen LogP contribution in [0.2, 0.25) is 0 Å². The van der Waals surface area contributed by atoms with Crippen LogP contribution >= 0.6 is 11.8 Å². The minimum atomic E-state index is -0.563. The second-order valence-corrected chi connectivity index (χ2v) is 7.48. The van der Waals surface area contributed by atoms with Crippen molar-refractivity contribution in [1.82, 2.24) is 24.7 Å². The third-order valence-electron chi connectivity index (χ3n) is 4.70. The zero-order valence-corrected chi connectivity index (χ0v) is 18.5. The fraction of sp³-hybridized carbons (Fsp3) is 0.182. The zero-order valence-electron chi connectivity index (χ0n) is 17.7. The molecule has 9 nitrogen and oxygen atoms in total. The summed E-state index contributed by atoms with van der Waals surface area (Å²) in [6, 6.07) is 11.8. The lowest BCUT2D eigenvalue weighted by atomic mass is 10.1. The molecule has 0 saturated carbocycles. The molecular formula is C22H19N7O2S. The van der Waals surface area contributed by atoms with Crippen molar-refractivity contribution in [3.63, 3.8) is 0 Å². The molecule has 0 amide bonds. The number of benzene rings is 1. The molecule has 0 radical (unpaired) electrons. The third-order valence-corrected chi connectivity index (χ3v) is 5.26. The quantitative estimate of drug-likeness (QED) is 0.266. The van der Waals surface area contributed by atoms with Gasteiger partial charge in [-0.1, -0.05) is 30.0 Å². The maximum absolute atomic E-state index is 12.4. The zero-order chi connectivity index (χ0) is 22.7. The molecule has 0 aliphatic carbocycles. The van der Waals surface area contributed by atoms with Crippen molar-refractivity contribution >= 4 is 40.3 Å². The first-order valence-electron chi connectivity index (χ1n) is 9.75. The monoisotopic (exact) mass is 445 g/mol. The molecule has 0 spiro atoms. The first-order valence-corrected chi connectivity index (χ1v) is 11.0. The first kappa shape index (κ1) is 21.3. The van der Waals surface area contributed by atoms with E-state index in [1.165, 1.54) is 28.8 Å². The molecule has 4 aromatic rings. The summed E-state index contributed by atoms with van der Waals surface area (Å²) >= 11 is 1.33. The summed E-state index contributed by atoms with van der Waals surface area (Å²) < 4.78 is 6.65. The van der Waals surface area contributed by atoms with Gasteiger partial charge in [0.05, 0.1) is 18.3 Å². The van der Waals surface area contributed by atoms with Gasteiger partial charge in [0.2, 0.25) is 0 Å². The van der Waals surface area contributed by atoms with E-state index >= 15 is 0 Å². The Morgan fingerprint density at radius 2 is 2.09 bits per heavy atom. The Hall–Kier alpha value is -3.97. The number of ether oxygens (including phenoxy) is 1. The molecule has 160 valence electrons. The molecule has 1 aromatic carbocycles. The van der Waals surface area contributed by atoms with Crippen molar-refractivity contribution in [2.75, 3.05) is 18.2 Å². The van der Waals surface area contributed by atoms with Gasteiger partial charge in [0, 0.05) is 11.6 Å². The molecule has 10 heteroatoms. The summed E-state index contributed by atoms with van der Waals surface area (Å²) in [4.78, 5) is 25.7. The molecule has 4 rings (SSSR count). The van der Waals surface area contributed by atoms with E-state index in [0.29, 0.717) is 16.8 Å². The highest BCUT2D eigenvalue weighted by atomic mass is 32.2. The predicted octanol–water partition coefficient (Wildman–Crippen LogP) is 4.03. The van der Waals surface area contributed by atoms with Crippen LogP contribution in [-0.2, 0) is 4.74 Å².